The summed E-state index contributed by atoms with van der Waals surface area (Å²) >= 11 is 0. The molecule has 19 heavy (non-hydrogen) atoms. The fraction of sp³-hybridized carbons (Fsp3) is 1.00. The van der Waals surface area contributed by atoms with Gasteiger partial charge in [0.15, 0.2) is 9.84 Å². The summed E-state index contributed by atoms with van der Waals surface area (Å²) in [6.45, 7) is 5.18. The smallest absolute Gasteiger partial charge is 0.152 e. The molecule has 0 bridgehead atoms. The van der Waals surface area contributed by atoms with Gasteiger partial charge in [0.05, 0.1) is 17.1 Å². The number of sulfone groups is 1. The maximum atomic E-state index is 12.1. The maximum absolute atomic E-state index is 12.1. The minimum atomic E-state index is -2.95. The molecule has 2 aliphatic rings. The van der Waals surface area contributed by atoms with Gasteiger partial charge in [0.1, 0.15) is 0 Å². The first-order valence-electron chi connectivity index (χ1n) is 7.39. The van der Waals surface area contributed by atoms with Crippen molar-refractivity contribution in [1.82, 2.24) is 5.32 Å². The van der Waals surface area contributed by atoms with Crippen LogP contribution in [0.2, 0.25) is 0 Å². The Kier molecular flexibility index (Phi) is 4.58. The lowest BCUT2D eigenvalue weighted by atomic mass is 9.76. The number of rotatable bonds is 7. The highest BCUT2D eigenvalue weighted by atomic mass is 32.2. The van der Waals surface area contributed by atoms with Gasteiger partial charge in [-0.15, -0.1) is 0 Å². The molecule has 2 fully saturated rings. The monoisotopic (exact) mass is 289 g/mol. The van der Waals surface area contributed by atoms with E-state index in [1.54, 1.807) is 13.8 Å². The van der Waals surface area contributed by atoms with Crippen molar-refractivity contribution in [3.63, 3.8) is 0 Å². The van der Waals surface area contributed by atoms with Crippen LogP contribution in [0.4, 0.5) is 0 Å². The molecule has 0 aromatic carbocycles. The zero-order valence-electron chi connectivity index (χ0n) is 12.3. The normalized spacial score (nSPS) is 32.1. The van der Waals surface area contributed by atoms with E-state index in [1.165, 1.54) is 12.8 Å². The van der Waals surface area contributed by atoms with Crippen LogP contribution in [0.25, 0.3) is 0 Å². The summed E-state index contributed by atoms with van der Waals surface area (Å²) in [4.78, 5) is 0. The average Bonchev–Trinajstić information content (AvgIpc) is 3.10. The summed E-state index contributed by atoms with van der Waals surface area (Å²) < 4.78 is 30.1. The molecule has 1 N–H and O–H groups in total. The first-order chi connectivity index (χ1) is 8.91. The van der Waals surface area contributed by atoms with Crippen molar-refractivity contribution >= 4 is 9.84 Å². The summed E-state index contributed by atoms with van der Waals surface area (Å²) in [7, 11) is -1.01. The molecule has 1 aliphatic heterocycles. The van der Waals surface area contributed by atoms with Crippen LogP contribution in [0.15, 0.2) is 0 Å². The molecule has 1 heterocycles. The molecule has 0 aromatic rings. The van der Waals surface area contributed by atoms with E-state index in [4.69, 9.17) is 4.74 Å². The summed E-state index contributed by atoms with van der Waals surface area (Å²) in [5.74, 6) is 0.955. The van der Waals surface area contributed by atoms with E-state index in [1.807, 2.05) is 7.05 Å². The van der Waals surface area contributed by atoms with Gasteiger partial charge in [0.25, 0.3) is 0 Å². The van der Waals surface area contributed by atoms with Gasteiger partial charge in [-0.05, 0) is 52.5 Å². The van der Waals surface area contributed by atoms with E-state index in [2.05, 4.69) is 5.32 Å². The summed E-state index contributed by atoms with van der Waals surface area (Å²) in [6, 6.07) is 0. The molecule has 2 unspecified atom stereocenters. The molecule has 0 spiro atoms. The Hall–Kier alpha value is -0.130. The lowest BCUT2D eigenvalue weighted by Crippen LogP contribution is -2.42. The van der Waals surface area contributed by atoms with Crippen molar-refractivity contribution in [2.45, 2.75) is 50.9 Å². The van der Waals surface area contributed by atoms with Gasteiger partial charge in [-0.3, -0.25) is 0 Å². The van der Waals surface area contributed by atoms with Crippen LogP contribution in [0.3, 0.4) is 0 Å². The Morgan fingerprint density at radius 2 is 2.05 bits per heavy atom. The highest BCUT2D eigenvalue weighted by Gasteiger charge is 2.50. The van der Waals surface area contributed by atoms with Crippen molar-refractivity contribution in [2.75, 3.05) is 26.0 Å². The standard InChI is InChI=1S/C14H27NO3S/c1-11(2)19(16,17)9-7-14(10-15-3)6-8-18-13(14)12-4-5-12/h11-13,15H,4-10H2,1-3H3. The largest absolute Gasteiger partial charge is 0.377 e. The third kappa shape index (κ3) is 3.31. The van der Waals surface area contributed by atoms with E-state index in [0.29, 0.717) is 11.7 Å². The number of hydrogen-bond donors (Lipinski definition) is 1. The van der Waals surface area contributed by atoms with Gasteiger partial charge < -0.3 is 10.1 Å². The molecule has 0 radical (unpaired) electrons. The van der Waals surface area contributed by atoms with Crippen LogP contribution in [0.5, 0.6) is 0 Å². The van der Waals surface area contributed by atoms with E-state index in [0.717, 1.165) is 26.0 Å². The number of ether oxygens (including phenoxy) is 1. The summed E-state index contributed by atoms with van der Waals surface area (Å²) in [6.07, 6.45) is 4.47. The Balaban J connectivity index is 2.07. The van der Waals surface area contributed by atoms with E-state index in [-0.39, 0.29) is 16.8 Å². The lowest BCUT2D eigenvalue weighted by Gasteiger charge is -2.34. The van der Waals surface area contributed by atoms with Gasteiger partial charge in [0, 0.05) is 18.6 Å². The van der Waals surface area contributed by atoms with Crippen molar-refractivity contribution in [1.29, 1.82) is 0 Å². The van der Waals surface area contributed by atoms with Crippen LogP contribution in [-0.4, -0.2) is 45.7 Å². The second-order valence-electron chi connectivity index (χ2n) is 6.44. The fourth-order valence-corrected chi connectivity index (χ4v) is 4.38. The maximum Gasteiger partial charge on any atom is 0.152 e. The van der Waals surface area contributed by atoms with Gasteiger partial charge in [0.2, 0.25) is 0 Å². The molecule has 1 saturated heterocycles. The fourth-order valence-electron chi connectivity index (χ4n) is 3.22. The highest BCUT2D eigenvalue weighted by Crippen LogP contribution is 2.49. The van der Waals surface area contributed by atoms with Crippen LogP contribution in [-0.2, 0) is 14.6 Å². The summed E-state index contributed by atoms with van der Waals surface area (Å²) in [5, 5.41) is 2.98. The van der Waals surface area contributed by atoms with Gasteiger partial charge >= 0.3 is 0 Å². The topological polar surface area (TPSA) is 55.4 Å². The molecule has 112 valence electrons. The van der Waals surface area contributed by atoms with E-state index in [9.17, 15) is 8.42 Å². The molecule has 1 saturated carbocycles. The highest BCUT2D eigenvalue weighted by molar-refractivity contribution is 7.91. The SMILES string of the molecule is CNCC1(CCS(=O)(=O)C(C)C)CCOC1C1CC1. The Labute approximate surface area is 117 Å². The second-order valence-corrected chi connectivity index (χ2v) is 9.11. The van der Waals surface area contributed by atoms with Gasteiger partial charge in [-0.1, -0.05) is 0 Å². The first kappa shape index (κ1) is 15.3. The van der Waals surface area contributed by atoms with Crippen LogP contribution in [0.1, 0.15) is 39.5 Å². The zero-order valence-corrected chi connectivity index (χ0v) is 13.1. The zero-order chi connectivity index (χ0) is 14.1. The molecule has 0 amide bonds. The minimum Gasteiger partial charge on any atom is -0.377 e. The average molecular weight is 289 g/mol. The predicted molar refractivity (Wildman–Crippen MR) is 77.0 cm³/mol. The molecule has 2 atom stereocenters. The van der Waals surface area contributed by atoms with Crippen molar-refractivity contribution in [3.8, 4) is 0 Å². The van der Waals surface area contributed by atoms with E-state index >= 15 is 0 Å². The van der Waals surface area contributed by atoms with Crippen molar-refractivity contribution < 1.29 is 13.2 Å². The van der Waals surface area contributed by atoms with Crippen LogP contribution < -0.4 is 5.32 Å². The first-order valence-corrected chi connectivity index (χ1v) is 9.10. The van der Waals surface area contributed by atoms with Crippen molar-refractivity contribution in [2.24, 2.45) is 11.3 Å². The lowest BCUT2D eigenvalue weighted by molar-refractivity contribution is 0.0300. The third-order valence-corrected chi connectivity index (χ3v) is 6.89. The molecule has 5 heteroatoms. The third-order valence-electron chi connectivity index (χ3n) is 4.68. The second kappa shape index (κ2) is 5.70. The molecule has 1 aliphatic carbocycles. The van der Waals surface area contributed by atoms with Crippen molar-refractivity contribution in [3.05, 3.63) is 0 Å². The molecule has 2 rings (SSSR count). The van der Waals surface area contributed by atoms with Crippen LogP contribution >= 0.6 is 0 Å². The minimum absolute atomic E-state index is 0.0257. The Morgan fingerprint density at radius 1 is 1.37 bits per heavy atom. The molecule has 4 nitrogen and oxygen atoms in total. The van der Waals surface area contributed by atoms with Crippen LogP contribution in [0, 0.1) is 11.3 Å². The quantitative estimate of drug-likeness (QED) is 0.773. The predicted octanol–water partition coefficient (Wildman–Crippen LogP) is 1.60. The molecular formula is C14H27NO3S. The van der Waals surface area contributed by atoms with Gasteiger partial charge in [-0.2, -0.15) is 0 Å². The van der Waals surface area contributed by atoms with Gasteiger partial charge in [-0.25, -0.2) is 8.42 Å². The Bertz CT molecular complexity index is 403. The molecule has 0 aromatic heterocycles. The van der Waals surface area contributed by atoms with E-state index < -0.39 is 9.84 Å². The number of hydrogen-bond acceptors (Lipinski definition) is 4. The number of nitrogens with one attached hydrogen (secondary N) is 1. The summed E-state index contributed by atoms with van der Waals surface area (Å²) in [5.41, 5.74) is 0.0257. The molecular weight excluding hydrogens is 262 g/mol. The Morgan fingerprint density at radius 3 is 2.58 bits per heavy atom.